The van der Waals surface area contributed by atoms with E-state index in [2.05, 4.69) is 26.7 Å². The molecule has 0 spiro atoms. The Morgan fingerprint density at radius 1 is 0.889 bits per heavy atom. The highest BCUT2D eigenvalue weighted by Gasteiger charge is 1.86. The van der Waals surface area contributed by atoms with E-state index in [0.29, 0.717) is 0 Å². The fraction of sp³-hybridized carbons (Fsp3) is 0.778. The second kappa shape index (κ2) is 8.00. The van der Waals surface area contributed by atoms with Crippen LogP contribution in [0.25, 0.3) is 0 Å². The quantitative estimate of drug-likeness (QED) is 0.478. The average Bonchev–Trinajstić information content (AvgIpc) is 1.89. The first-order chi connectivity index (χ1) is 4.41. The van der Waals surface area contributed by atoms with Gasteiger partial charge in [0.1, 0.15) is 0 Å². The molecule has 0 bridgehead atoms. The molecule has 0 heteroatoms. The molecule has 0 aliphatic carbocycles. The van der Waals surface area contributed by atoms with Crippen molar-refractivity contribution in [3.63, 3.8) is 0 Å². The predicted octanol–water partition coefficient (Wildman–Crippen LogP) is 3.39. The van der Waals surface area contributed by atoms with Gasteiger partial charge in [0, 0.05) is 0 Å². The molecule has 2 radical (unpaired) electrons. The maximum atomic E-state index is 2.38. The summed E-state index contributed by atoms with van der Waals surface area (Å²) in [7, 11) is 0. The van der Waals surface area contributed by atoms with Crippen molar-refractivity contribution in [2.75, 3.05) is 0 Å². The summed E-state index contributed by atoms with van der Waals surface area (Å²) in [5.41, 5.74) is 0. The third-order valence-electron chi connectivity index (χ3n) is 1.36. The molecule has 0 aromatic heterocycles. The van der Waals surface area contributed by atoms with Crippen LogP contribution in [0.5, 0.6) is 0 Å². The summed E-state index contributed by atoms with van der Waals surface area (Å²) in [4.78, 5) is 0. The van der Waals surface area contributed by atoms with E-state index in [-0.39, 0.29) is 0 Å². The van der Waals surface area contributed by atoms with E-state index in [1.54, 1.807) is 0 Å². The van der Waals surface area contributed by atoms with Crippen LogP contribution in [-0.2, 0) is 0 Å². The number of hydrogen-bond acceptors (Lipinski definition) is 0. The second-order valence-electron chi connectivity index (χ2n) is 2.35. The Morgan fingerprint density at radius 2 is 1.56 bits per heavy atom. The first kappa shape index (κ1) is 9.00. The maximum Gasteiger partial charge on any atom is -0.0386 e. The number of unbranched alkanes of at least 4 members (excludes halogenated alkanes) is 6. The molecule has 0 unspecified atom stereocenters. The van der Waals surface area contributed by atoms with Gasteiger partial charge in [-0.15, -0.1) is 0 Å². The lowest BCUT2D eigenvalue weighted by Crippen LogP contribution is -1.78. The van der Waals surface area contributed by atoms with Gasteiger partial charge in [-0.2, -0.15) is 0 Å². The van der Waals surface area contributed by atoms with Crippen LogP contribution in [0.15, 0.2) is 0 Å². The first-order valence-corrected chi connectivity index (χ1v) is 4.05. The van der Waals surface area contributed by atoms with Crippen molar-refractivity contribution >= 4 is 0 Å². The molecule has 0 saturated carbocycles. The van der Waals surface area contributed by atoms with Crippen LogP contribution in [0.2, 0.25) is 0 Å². The molecule has 9 heavy (non-hydrogen) atoms. The molecule has 0 aliphatic heterocycles. The zero-order valence-corrected chi connectivity index (χ0v) is 6.69. The van der Waals surface area contributed by atoms with Gasteiger partial charge in [0.15, 0.2) is 0 Å². The smallest absolute Gasteiger partial charge is 0.0386 e. The minimum Gasteiger partial charge on any atom is -0.0654 e. The van der Waals surface area contributed by atoms with E-state index in [1.807, 2.05) is 0 Å². The molecule has 0 rings (SSSR count). The summed E-state index contributed by atoms with van der Waals surface area (Å²) in [5.74, 6) is 0. The largest absolute Gasteiger partial charge is 0.0654 e. The number of rotatable bonds is 6. The Bertz CT molecular complexity index is 33.3. The molecule has 0 aromatic carbocycles. The molecule has 0 aliphatic rings. The van der Waals surface area contributed by atoms with Crippen molar-refractivity contribution in [1.82, 2.24) is 0 Å². The van der Waals surface area contributed by atoms with Crippen molar-refractivity contribution in [2.24, 2.45) is 0 Å². The van der Waals surface area contributed by atoms with Crippen LogP contribution in [0.1, 0.15) is 46.0 Å². The SMILES string of the molecule is CC[CH]CC[CH]CCC. The van der Waals surface area contributed by atoms with Crippen LogP contribution in [0.4, 0.5) is 0 Å². The van der Waals surface area contributed by atoms with Crippen LogP contribution < -0.4 is 0 Å². The lowest BCUT2D eigenvalue weighted by molar-refractivity contribution is 0.787. The predicted molar refractivity (Wildman–Crippen MR) is 43.0 cm³/mol. The van der Waals surface area contributed by atoms with E-state index in [0.717, 1.165) is 0 Å². The van der Waals surface area contributed by atoms with Crippen molar-refractivity contribution in [2.45, 2.75) is 46.0 Å². The molecule has 0 atom stereocenters. The van der Waals surface area contributed by atoms with Gasteiger partial charge in [0.25, 0.3) is 0 Å². The molecule has 0 fully saturated rings. The fourth-order valence-corrected chi connectivity index (χ4v) is 0.788. The third kappa shape index (κ3) is 8.00. The fourth-order valence-electron chi connectivity index (χ4n) is 0.788. The summed E-state index contributed by atoms with van der Waals surface area (Å²) in [5, 5.41) is 0. The molecule has 0 nitrogen and oxygen atoms in total. The van der Waals surface area contributed by atoms with Gasteiger partial charge in [-0.3, -0.25) is 0 Å². The Morgan fingerprint density at radius 3 is 2.11 bits per heavy atom. The average molecular weight is 126 g/mol. The highest BCUT2D eigenvalue weighted by Crippen LogP contribution is 2.03. The Labute approximate surface area is 59.7 Å². The second-order valence-corrected chi connectivity index (χ2v) is 2.35. The van der Waals surface area contributed by atoms with Crippen molar-refractivity contribution in [1.29, 1.82) is 0 Å². The Balaban J connectivity index is 2.60. The van der Waals surface area contributed by atoms with Gasteiger partial charge in [-0.05, 0) is 25.7 Å². The van der Waals surface area contributed by atoms with Crippen LogP contribution in [0, 0.1) is 12.8 Å². The maximum absolute atomic E-state index is 2.38. The zero-order valence-electron chi connectivity index (χ0n) is 6.69. The summed E-state index contributed by atoms with van der Waals surface area (Å²) >= 11 is 0. The summed E-state index contributed by atoms with van der Waals surface area (Å²) in [6.45, 7) is 4.42. The van der Waals surface area contributed by atoms with Crippen LogP contribution >= 0.6 is 0 Å². The molecule has 0 aromatic rings. The normalized spacial score (nSPS) is 10.0. The van der Waals surface area contributed by atoms with Gasteiger partial charge >= 0.3 is 0 Å². The van der Waals surface area contributed by atoms with Gasteiger partial charge in [-0.25, -0.2) is 0 Å². The highest BCUT2D eigenvalue weighted by atomic mass is 13.9. The van der Waals surface area contributed by atoms with E-state index in [1.165, 1.54) is 32.1 Å². The van der Waals surface area contributed by atoms with Crippen molar-refractivity contribution in [3.05, 3.63) is 12.8 Å². The minimum atomic E-state index is 1.22. The standard InChI is InChI=1S/C9H18/c1-3-5-7-9-8-6-4-2/h5,8H,3-4,6-7,9H2,1-2H3. The first-order valence-electron chi connectivity index (χ1n) is 4.05. The van der Waals surface area contributed by atoms with Gasteiger partial charge in [-0.1, -0.05) is 33.1 Å². The van der Waals surface area contributed by atoms with Gasteiger partial charge in [0.2, 0.25) is 0 Å². The van der Waals surface area contributed by atoms with Crippen molar-refractivity contribution in [3.8, 4) is 0 Å². The van der Waals surface area contributed by atoms with Gasteiger partial charge < -0.3 is 0 Å². The van der Waals surface area contributed by atoms with Crippen molar-refractivity contribution < 1.29 is 0 Å². The third-order valence-corrected chi connectivity index (χ3v) is 1.36. The molecular weight excluding hydrogens is 108 g/mol. The molecule has 54 valence electrons. The van der Waals surface area contributed by atoms with E-state index < -0.39 is 0 Å². The summed E-state index contributed by atoms with van der Waals surface area (Å²) in [6.07, 6.45) is 11.1. The summed E-state index contributed by atoms with van der Waals surface area (Å²) < 4.78 is 0. The zero-order chi connectivity index (χ0) is 6.95. The van der Waals surface area contributed by atoms with E-state index in [9.17, 15) is 0 Å². The molecule has 0 amide bonds. The monoisotopic (exact) mass is 126 g/mol. The Kier molecular flexibility index (Phi) is 8.00. The lowest BCUT2D eigenvalue weighted by Gasteiger charge is -1.95. The summed E-state index contributed by atoms with van der Waals surface area (Å²) in [6, 6.07) is 0. The molecule has 0 N–H and O–H groups in total. The number of hydrogen-bond donors (Lipinski definition) is 0. The van der Waals surface area contributed by atoms with Crippen LogP contribution in [-0.4, -0.2) is 0 Å². The highest BCUT2D eigenvalue weighted by molar-refractivity contribution is 4.69. The lowest BCUT2D eigenvalue weighted by atomic mass is 10.1. The van der Waals surface area contributed by atoms with E-state index in [4.69, 9.17) is 0 Å². The molecule has 0 heterocycles. The van der Waals surface area contributed by atoms with Crippen LogP contribution in [0.3, 0.4) is 0 Å². The van der Waals surface area contributed by atoms with E-state index >= 15 is 0 Å². The topological polar surface area (TPSA) is 0 Å². The molecule has 0 saturated heterocycles. The van der Waals surface area contributed by atoms with Gasteiger partial charge in [0.05, 0.1) is 0 Å². The molecular formula is C9H18. The Hall–Kier alpha value is 0. The minimum absolute atomic E-state index is 1.22.